The monoisotopic (exact) mass is 270 g/mol. The number of amides is 1. The minimum atomic E-state index is -3.94. The second-order valence-electron chi connectivity index (χ2n) is 3.73. The highest BCUT2D eigenvalue weighted by molar-refractivity contribution is 8.06. The fraction of sp³-hybridized carbons (Fsp3) is 0.857. The largest absolute Gasteiger partial charge is 0.353 e. The number of rotatable bonds is 3. The molecule has 1 aliphatic heterocycles. The zero-order valence-electron chi connectivity index (χ0n) is 9.00. The maximum atomic E-state index is 11.7. The van der Waals surface area contributed by atoms with Gasteiger partial charge < -0.3 is 5.32 Å². The van der Waals surface area contributed by atoms with Crippen LogP contribution in [0.5, 0.6) is 0 Å². The summed E-state index contributed by atoms with van der Waals surface area (Å²) in [4.78, 5) is 11.3. The van der Waals surface area contributed by atoms with Crippen LogP contribution in [0.3, 0.4) is 0 Å². The number of sulfonamides is 1. The van der Waals surface area contributed by atoms with E-state index in [4.69, 9.17) is 0 Å². The predicted octanol–water partition coefficient (Wildman–Crippen LogP) is -1.86. The van der Waals surface area contributed by atoms with E-state index in [1.54, 1.807) is 0 Å². The Balaban J connectivity index is 2.95. The Kier molecular flexibility index (Phi) is 3.60. The Morgan fingerprint density at radius 3 is 2.44 bits per heavy atom. The number of hydrogen-bond donors (Lipinski definition) is 1. The van der Waals surface area contributed by atoms with Crippen LogP contribution in [0, 0.1) is 0 Å². The number of nitrogens with zero attached hydrogens (tertiary/aromatic N) is 1. The van der Waals surface area contributed by atoms with Crippen molar-refractivity contribution in [2.75, 3.05) is 24.4 Å². The molecule has 1 amide bonds. The molecule has 0 aromatic carbocycles. The minimum absolute atomic E-state index is 0.102. The topological polar surface area (TPSA) is 101 Å². The van der Waals surface area contributed by atoms with Gasteiger partial charge in [0.05, 0.1) is 0 Å². The molecular formula is C7H14N2O5S2. The third-order valence-corrected chi connectivity index (χ3v) is 6.28. The van der Waals surface area contributed by atoms with Crippen molar-refractivity contribution in [3.8, 4) is 0 Å². The molecule has 0 aliphatic carbocycles. The minimum Gasteiger partial charge on any atom is -0.353 e. The number of hydrogen-bond acceptors (Lipinski definition) is 5. The third-order valence-electron chi connectivity index (χ3n) is 2.16. The van der Waals surface area contributed by atoms with Gasteiger partial charge in [0.15, 0.2) is 14.9 Å². The van der Waals surface area contributed by atoms with Crippen LogP contribution >= 0.6 is 0 Å². The molecule has 7 nitrogen and oxygen atoms in total. The van der Waals surface area contributed by atoms with Crippen LogP contribution in [-0.4, -0.2) is 57.5 Å². The smallest absolute Gasteiger partial charge is 0.238 e. The Hall–Kier alpha value is -0.670. The summed E-state index contributed by atoms with van der Waals surface area (Å²) >= 11 is 0. The van der Waals surface area contributed by atoms with Gasteiger partial charge in [-0.1, -0.05) is 0 Å². The molecular weight excluding hydrogens is 256 g/mol. The Bertz CT molecular complexity index is 481. The van der Waals surface area contributed by atoms with Gasteiger partial charge in [-0.05, 0) is 6.92 Å². The van der Waals surface area contributed by atoms with Crippen LogP contribution in [0.1, 0.15) is 6.92 Å². The molecule has 94 valence electrons. The molecule has 9 heteroatoms. The molecule has 1 saturated heterocycles. The van der Waals surface area contributed by atoms with E-state index in [0.29, 0.717) is 0 Å². The first kappa shape index (κ1) is 13.4. The molecule has 1 fully saturated rings. The maximum Gasteiger partial charge on any atom is 0.238 e. The van der Waals surface area contributed by atoms with E-state index in [-0.39, 0.29) is 13.1 Å². The SMILES string of the molecule is CC1C(=O)NCCN1S(=O)(=O)CS(C)(=O)=O. The number of piperazine rings is 1. The van der Waals surface area contributed by atoms with Crippen molar-refractivity contribution >= 4 is 25.8 Å². The highest BCUT2D eigenvalue weighted by Crippen LogP contribution is 2.12. The predicted molar refractivity (Wildman–Crippen MR) is 57.8 cm³/mol. The zero-order chi connectivity index (χ0) is 12.6. The third kappa shape index (κ3) is 3.16. The lowest BCUT2D eigenvalue weighted by atomic mass is 10.2. The molecule has 0 radical (unpaired) electrons. The van der Waals surface area contributed by atoms with Gasteiger partial charge in [0.1, 0.15) is 6.04 Å². The summed E-state index contributed by atoms with van der Waals surface area (Å²) in [6, 6.07) is -0.861. The van der Waals surface area contributed by atoms with Gasteiger partial charge in [-0.3, -0.25) is 4.79 Å². The molecule has 1 atom stereocenters. The molecule has 1 unspecified atom stereocenters. The summed E-state index contributed by atoms with van der Waals surface area (Å²) in [5, 5.41) is 1.54. The van der Waals surface area contributed by atoms with Crippen molar-refractivity contribution in [2.45, 2.75) is 13.0 Å². The molecule has 0 spiro atoms. The molecule has 0 saturated carbocycles. The molecule has 0 aromatic rings. The summed E-state index contributed by atoms with van der Waals surface area (Å²) in [6.45, 7) is 1.73. The maximum absolute atomic E-state index is 11.7. The van der Waals surface area contributed by atoms with Gasteiger partial charge in [0.25, 0.3) is 0 Å². The summed E-state index contributed by atoms with van der Waals surface area (Å²) < 4.78 is 46.3. The normalized spacial score (nSPS) is 24.1. The lowest BCUT2D eigenvalue weighted by Crippen LogP contribution is -2.56. The van der Waals surface area contributed by atoms with E-state index in [1.807, 2.05) is 0 Å². The average molecular weight is 270 g/mol. The second kappa shape index (κ2) is 4.30. The zero-order valence-corrected chi connectivity index (χ0v) is 10.6. The van der Waals surface area contributed by atoms with Crippen LogP contribution < -0.4 is 5.32 Å². The van der Waals surface area contributed by atoms with Crippen LogP contribution in [0.25, 0.3) is 0 Å². The van der Waals surface area contributed by atoms with E-state index in [2.05, 4.69) is 5.32 Å². The molecule has 0 aromatic heterocycles. The van der Waals surface area contributed by atoms with Gasteiger partial charge in [-0.25, -0.2) is 16.8 Å². The standard InChI is InChI=1S/C7H14N2O5S2/c1-6-7(10)8-3-4-9(6)16(13,14)5-15(2,11)12/h6H,3-5H2,1-2H3,(H,8,10). The summed E-state index contributed by atoms with van der Waals surface area (Å²) in [5.74, 6) is -0.414. The van der Waals surface area contributed by atoms with Crippen LogP contribution in [-0.2, 0) is 24.7 Å². The van der Waals surface area contributed by atoms with Crippen molar-refractivity contribution < 1.29 is 21.6 Å². The molecule has 16 heavy (non-hydrogen) atoms. The van der Waals surface area contributed by atoms with E-state index in [0.717, 1.165) is 10.6 Å². The molecule has 1 rings (SSSR count). The van der Waals surface area contributed by atoms with E-state index < -0.39 is 36.9 Å². The van der Waals surface area contributed by atoms with Gasteiger partial charge in [-0.2, -0.15) is 4.31 Å². The lowest BCUT2D eigenvalue weighted by molar-refractivity contribution is -0.126. The first-order valence-corrected chi connectivity index (χ1v) is 8.25. The number of carbonyl (C=O) groups is 1. The van der Waals surface area contributed by atoms with Crippen LogP contribution in [0.2, 0.25) is 0 Å². The highest BCUT2D eigenvalue weighted by atomic mass is 32.3. The number of sulfone groups is 1. The average Bonchev–Trinajstić information content (AvgIpc) is 2.05. The Morgan fingerprint density at radius 2 is 1.94 bits per heavy atom. The lowest BCUT2D eigenvalue weighted by Gasteiger charge is -2.31. The second-order valence-corrected chi connectivity index (χ2v) is 8.16. The fourth-order valence-corrected chi connectivity index (χ4v) is 5.13. The Morgan fingerprint density at radius 1 is 1.38 bits per heavy atom. The van der Waals surface area contributed by atoms with E-state index in [9.17, 15) is 21.6 Å². The fourth-order valence-electron chi connectivity index (χ4n) is 1.48. The van der Waals surface area contributed by atoms with Gasteiger partial charge in [-0.15, -0.1) is 0 Å². The summed E-state index contributed by atoms with van der Waals surface area (Å²) in [6.07, 6.45) is 0.846. The van der Waals surface area contributed by atoms with E-state index >= 15 is 0 Å². The van der Waals surface area contributed by atoms with Crippen molar-refractivity contribution in [1.82, 2.24) is 9.62 Å². The van der Waals surface area contributed by atoms with Crippen LogP contribution in [0.4, 0.5) is 0 Å². The highest BCUT2D eigenvalue weighted by Gasteiger charge is 2.36. The van der Waals surface area contributed by atoms with E-state index in [1.165, 1.54) is 6.92 Å². The molecule has 1 heterocycles. The number of carbonyl (C=O) groups excluding carboxylic acids is 1. The first-order chi connectivity index (χ1) is 7.13. The van der Waals surface area contributed by atoms with Crippen molar-refractivity contribution in [3.05, 3.63) is 0 Å². The quantitative estimate of drug-likeness (QED) is 0.648. The van der Waals surface area contributed by atoms with Crippen molar-refractivity contribution in [1.29, 1.82) is 0 Å². The van der Waals surface area contributed by atoms with Gasteiger partial charge >= 0.3 is 0 Å². The molecule has 1 aliphatic rings. The van der Waals surface area contributed by atoms with Gasteiger partial charge in [0, 0.05) is 19.3 Å². The van der Waals surface area contributed by atoms with Crippen molar-refractivity contribution in [2.24, 2.45) is 0 Å². The number of nitrogens with one attached hydrogen (secondary N) is 1. The molecule has 1 N–H and O–H groups in total. The summed E-state index contributed by atoms with van der Waals surface area (Å²) in [7, 11) is -7.57. The van der Waals surface area contributed by atoms with Gasteiger partial charge in [0.2, 0.25) is 15.9 Å². The summed E-state index contributed by atoms with van der Waals surface area (Å²) in [5.41, 5.74) is 0. The first-order valence-electron chi connectivity index (χ1n) is 4.58. The van der Waals surface area contributed by atoms with Crippen LogP contribution in [0.15, 0.2) is 0 Å². The molecule has 0 bridgehead atoms. The Labute approximate surface area is 94.8 Å². The van der Waals surface area contributed by atoms with Crippen molar-refractivity contribution in [3.63, 3.8) is 0 Å².